The fourth-order valence-corrected chi connectivity index (χ4v) is 1.75. The number of benzene rings is 1. The van der Waals surface area contributed by atoms with Gasteiger partial charge >= 0.3 is 0 Å². The van der Waals surface area contributed by atoms with Gasteiger partial charge in [0.2, 0.25) is 0 Å². The van der Waals surface area contributed by atoms with Gasteiger partial charge in [-0.3, -0.25) is 9.97 Å². The lowest BCUT2D eigenvalue weighted by Gasteiger charge is -2.10. The molecule has 0 saturated heterocycles. The molecule has 1 unspecified atom stereocenters. The van der Waals surface area contributed by atoms with Gasteiger partial charge in [0.05, 0.1) is 18.0 Å². The molecular weight excluding hydrogens is 242 g/mol. The molecule has 1 aromatic heterocycles. The maximum absolute atomic E-state index is 9.81. The molecular formula is C14H17N3O2. The lowest BCUT2D eigenvalue weighted by atomic mass is 10.1. The van der Waals surface area contributed by atoms with Crippen LogP contribution in [0.4, 0.5) is 0 Å². The van der Waals surface area contributed by atoms with Gasteiger partial charge in [0.25, 0.3) is 0 Å². The molecule has 0 saturated carbocycles. The van der Waals surface area contributed by atoms with Crippen LogP contribution in [-0.4, -0.2) is 32.8 Å². The number of aromatic hydroxyl groups is 1. The first kappa shape index (κ1) is 13.5. The van der Waals surface area contributed by atoms with Gasteiger partial charge in [0.1, 0.15) is 5.75 Å². The van der Waals surface area contributed by atoms with E-state index in [1.54, 1.807) is 37.6 Å². The van der Waals surface area contributed by atoms with Crippen LogP contribution in [0.3, 0.4) is 0 Å². The molecule has 3 N–H and O–H groups in total. The van der Waals surface area contributed by atoms with E-state index in [1.807, 2.05) is 6.07 Å². The van der Waals surface area contributed by atoms with Gasteiger partial charge in [-0.05, 0) is 25.1 Å². The van der Waals surface area contributed by atoms with Crippen LogP contribution >= 0.6 is 0 Å². The monoisotopic (exact) mass is 259 g/mol. The quantitative estimate of drug-likeness (QED) is 0.754. The summed E-state index contributed by atoms with van der Waals surface area (Å²) in [5.74, 6) is 0.228. The second-order valence-corrected chi connectivity index (χ2v) is 4.41. The minimum Gasteiger partial charge on any atom is -0.508 e. The second-order valence-electron chi connectivity index (χ2n) is 4.41. The molecule has 0 spiro atoms. The Morgan fingerprint density at radius 2 is 2.16 bits per heavy atom. The minimum atomic E-state index is -0.412. The summed E-state index contributed by atoms with van der Waals surface area (Å²) in [6.07, 6.45) is 4.52. The Morgan fingerprint density at radius 3 is 2.84 bits per heavy atom. The number of nitrogens with one attached hydrogen (secondary N) is 1. The molecule has 0 bridgehead atoms. The second kappa shape index (κ2) is 6.26. The van der Waals surface area contributed by atoms with Gasteiger partial charge in [-0.1, -0.05) is 0 Å². The molecule has 0 fully saturated rings. The van der Waals surface area contributed by atoms with Gasteiger partial charge in [0, 0.05) is 36.6 Å². The first-order valence-electron chi connectivity index (χ1n) is 6.14. The summed E-state index contributed by atoms with van der Waals surface area (Å²) in [6.45, 7) is 2.68. The van der Waals surface area contributed by atoms with Crippen molar-refractivity contribution in [3.05, 3.63) is 42.4 Å². The Kier molecular flexibility index (Phi) is 4.43. The summed E-state index contributed by atoms with van der Waals surface area (Å²) in [5.41, 5.74) is 2.43. The molecule has 1 heterocycles. The molecule has 100 valence electrons. The maximum atomic E-state index is 9.81. The summed E-state index contributed by atoms with van der Waals surface area (Å²) in [6, 6.07) is 5.31. The highest BCUT2D eigenvalue weighted by molar-refractivity contribution is 5.60. The van der Waals surface area contributed by atoms with Crippen LogP contribution in [0, 0.1) is 0 Å². The Bertz CT molecular complexity index is 529. The first-order valence-corrected chi connectivity index (χ1v) is 6.14. The smallest absolute Gasteiger partial charge is 0.120 e. The van der Waals surface area contributed by atoms with Gasteiger partial charge in [-0.15, -0.1) is 0 Å². The minimum absolute atomic E-state index is 0.228. The highest BCUT2D eigenvalue weighted by Crippen LogP contribution is 2.24. The van der Waals surface area contributed by atoms with Crippen molar-refractivity contribution in [1.29, 1.82) is 0 Å². The Morgan fingerprint density at radius 1 is 1.32 bits per heavy atom. The van der Waals surface area contributed by atoms with E-state index in [-0.39, 0.29) is 5.75 Å². The van der Waals surface area contributed by atoms with E-state index < -0.39 is 6.10 Å². The van der Waals surface area contributed by atoms with Crippen LogP contribution in [0.1, 0.15) is 12.5 Å². The number of nitrogens with zero attached hydrogens (tertiary/aromatic N) is 2. The zero-order valence-corrected chi connectivity index (χ0v) is 10.7. The molecule has 19 heavy (non-hydrogen) atoms. The number of hydrogen-bond donors (Lipinski definition) is 3. The fourth-order valence-electron chi connectivity index (χ4n) is 1.75. The van der Waals surface area contributed by atoms with E-state index >= 15 is 0 Å². The van der Waals surface area contributed by atoms with E-state index in [4.69, 9.17) is 0 Å². The van der Waals surface area contributed by atoms with Gasteiger partial charge < -0.3 is 15.5 Å². The predicted octanol–water partition coefficient (Wildman–Crippen LogP) is 1.32. The summed E-state index contributed by atoms with van der Waals surface area (Å²) in [4.78, 5) is 8.25. The molecule has 2 rings (SSSR count). The molecule has 0 amide bonds. The number of phenols is 1. The molecule has 2 aromatic rings. The number of phenolic OH excluding ortho intramolecular Hbond substituents is 1. The molecule has 0 aliphatic heterocycles. The summed E-state index contributed by atoms with van der Waals surface area (Å²) in [7, 11) is 0. The highest BCUT2D eigenvalue weighted by Gasteiger charge is 2.06. The van der Waals surface area contributed by atoms with Crippen LogP contribution < -0.4 is 5.32 Å². The van der Waals surface area contributed by atoms with Crippen LogP contribution in [0.5, 0.6) is 5.75 Å². The Labute approximate surface area is 112 Å². The topological polar surface area (TPSA) is 78.3 Å². The van der Waals surface area contributed by atoms with Crippen molar-refractivity contribution >= 4 is 0 Å². The van der Waals surface area contributed by atoms with Crippen molar-refractivity contribution < 1.29 is 10.2 Å². The van der Waals surface area contributed by atoms with E-state index in [2.05, 4.69) is 15.3 Å². The molecule has 5 nitrogen and oxygen atoms in total. The van der Waals surface area contributed by atoms with Gasteiger partial charge in [-0.2, -0.15) is 0 Å². The molecule has 1 atom stereocenters. The summed E-state index contributed by atoms with van der Waals surface area (Å²) in [5, 5.41) is 22.1. The van der Waals surface area contributed by atoms with Crippen molar-refractivity contribution in [3.8, 4) is 17.0 Å². The number of hydrogen-bond acceptors (Lipinski definition) is 5. The normalized spacial score (nSPS) is 12.3. The van der Waals surface area contributed by atoms with Crippen LogP contribution in [0.2, 0.25) is 0 Å². The third-order valence-corrected chi connectivity index (χ3v) is 2.69. The largest absolute Gasteiger partial charge is 0.508 e. The fraction of sp³-hybridized carbons (Fsp3) is 0.286. The molecule has 0 aliphatic carbocycles. The van der Waals surface area contributed by atoms with Crippen LogP contribution in [-0.2, 0) is 6.54 Å². The molecule has 0 aliphatic rings. The zero-order chi connectivity index (χ0) is 13.7. The van der Waals surface area contributed by atoms with Crippen LogP contribution in [0.25, 0.3) is 11.3 Å². The lowest BCUT2D eigenvalue weighted by Crippen LogP contribution is -2.23. The van der Waals surface area contributed by atoms with E-state index in [1.165, 1.54) is 0 Å². The van der Waals surface area contributed by atoms with E-state index in [0.29, 0.717) is 13.1 Å². The average Bonchev–Trinajstić information content (AvgIpc) is 2.41. The van der Waals surface area contributed by atoms with Gasteiger partial charge in [-0.25, -0.2) is 0 Å². The highest BCUT2D eigenvalue weighted by atomic mass is 16.3. The van der Waals surface area contributed by atoms with E-state index in [0.717, 1.165) is 16.8 Å². The number of aliphatic hydroxyl groups excluding tert-OH is 1. The zero-order valence-electron chi connectivity index (χ0n) is 10.7. The number of aromatic nitrogens is 2. The first-order chi connectivity index (χ1) is 9.16. The SMILES string of the molecule is CC(O)CNCc1cc(-c2cnccn2)ccc1O. The predicted molar refractivity (Wildman–Crippen MR) is 72.5 cm³/mol. The van der Waals surface area contributed by atoms with E-state index in [9.17, 15) is 10.2 Å². The number of aliphatic hydroxyl groups is 1. The van der Waals surface area contributed by atoms with Crippen molar-refractivity contribution in [2.24, 2.45) is 0 Å². The Balaban J connectivity index is 2.15. The average molecular weight is 259 g/mol. The van der Waals surface area contributed by atoms with Crippen molar-refractivity contribution in [1.82, 2.24) is 15.3 Å². The third-order valence-electron chi connectivity index (χ3n) is 2.69. The lowest BCUT2D eigenvalue weighted by molar-refractivity contribution is 0.191. The van der Waals surface area contributed by atoms with Crippen LogP contribution in [0.15, 0.2) is 36.8 Å². The van der Waals surface area contributed by atoms with Crippen molar-refractivity contribution in [2.75, 3.05) is 6.54 Å². The summed E-state index contributed by atoms with van der Waals surface area (Å²) < 4.78 is 0. The number of rotatable bonds is 5. The summed E-state index contributed by atoms with van der Waals surface area (Å²) >= 11 is 0. The molecule has 5 heteroatoms. The Hall–Kier alpha value is -1.98. The van der Waals surface area contributed by atoms with Gasteiger partial charge in [0.15, 0.2) is 0 Å². The maximum Gasteiger partial charge on any atom is 0.120 e. The standard InChI is InChI=1S/C14H17N3O2/c1-10(18)7-16-8-12-6-11(2-3-14(12)19)13-9-15-4-5-17-13/h2-6,9-10,16,18-19H,7-8H2,1H3. The van der Waals surface area contributed by atoms with Crippen molar-refractivity contribution in [2.45, 2.75) is 19.6 Å². The molecule has 0 radical (unpaired) electrons. The molecule has 1 aromatic carbocycles. The van der Waals surface area contributed by atoms with Crippen molar-refractivity contribution in [3.63, 3.8) is 0 Å². The third kappa shape index (κ3) is 3.74.